The van der Waals surface area contributed by atoms with Gasteiger partial charge in [-0.25, -0.2) is 9.67 Å². The topological polar surface area (TPSA) is 81.6 Å². The van der Waals surface area contributed by atoms with Gasteiger partial charge in [0, 0.05) is 17.6 Å². The van der Waals surface area contributed by atoms with Crippen molar-refractivity contribution in [1.29, 1.82) is 0 Å². The Balaban J connectivity index is 1.63. The zero-order valence-corrected chi connectivity index (χ0v) is 13.7. The molecule has 6 nitrogen and oxygen atoms in total. The smallest absolute Gasteiger partial charge is 0.229 e. The largest absolute Gasteiger partial charge is 0.399 e. The summed E-state index contributed by atoms with van der Waals surface area (Å²) in [6.45, 7) is 0. The van der Waals surface area contributed by atoms with Crippen molar-refractivity contribution in [2.75, 3.05) is 11.1 Å². The lowest BCUT2D eigenvalue weighted by molar-refractivity contribution is 0.415. The minimum atomic E-state index is 0.448. The first-order chi connectivity index (χ1) is 11.8. The van der Waals surface area contributed by atoms with Crippen molar-refractivity contribution in [3.63, 3.8) is 0 Å². The van der Waals surface area contributed by atoms with Gasteiger partial charge in [-0.05, 0) is 37.1 Å². The molecule has 3 aromatic rings. The lowest BCUT2D eigenvalue weighted by atomic mass is 10.1. The van der Waals surface area contributed by atoms with Crippen LogP contribution >= 0.6 is 0 Å². The summed E-state index contributed by atoms with van der Waals surface area (Å²) in [6.07, 6.45) is 11.3. The van der Waals surface area contributed by atoms with E-state index in [4.69, 9.17) is 10.7 Å². The standard InChI is InChI=1S/C18H22N6/c19-14-7-9-15(10-8-14)22-18-20-11-13-12-21-24(17(13)23-18)16-5-3-1-2-4-6-16/h7-12,16H,1-6,19H2,(H,20,22,23). The predicted octanol–water partition coefficient (Wildman–Crippen LogP) is 4.05. The Morgan fingerprint density at radius 2 is 1.75 bits per heavy atom. The fourth-order valence-corrected chi connectivity index (χ4v) is 3.36. The number of anilines is 3. The predicted molar refractivity (Wildman–Crippen MR) is 96.2 cm³/mol. The molecule has 2 heterocycles. The minimum absolute atomic E-state index is 0.448. The molecule has 4 rings (SSSR count). The molecule has 124 valence electrons. The van der Waals surface area contributed by atoms with Gasteiger partial charge < -0.3 is 11.1 Å². The molecule has 0 radical (unpaired) electrons. The summed E-state index contributed by atoms with van der Waals surface area (Å²) >= 11 is 0. The van der Waals surface area contributed by atoms with E-state index in [1.165, 1.54) is 38.5 Å². The molecule has 0 amide bonds. The normalized spacial score (nSPS) is 16.2. The number of nitrogen functional groups attached to an aromatic ring is 1. The molecule has 0 bridgehead atoms. The van der Waals surface area contributed by atoms with Crippen LogP contribution in [0.4, 0.5) is 17.3 Å². The van der Waals surface area contributed by atoms with Gasteiger partial charge in [-0.3, -0.25) is 0 Å². The molecular formula is C18H22N6. The quantitative estimate of drug-likeness (QED) is 0.561. The molecule has 1 fully saturated rings. The number of fused-ring (bicyclic) bond motifs is 1. The molecule has 0 spiro atoms. The van der Waals surface area contributed by atoms with Crippen molar-refractivity contribution in [2.24, 2.45) is 0 Å². The number of hydrogen-bond acceptors (Lipinski definition) is 5. The Bertz CT molecular complexity index is 815. The average molecular weight is 322 g/mol. The molecule has 0 saturated heterocycles. The third-order valence-corrected chi connectivity index (χ3v) is 4.67. The van der Waals surface area contributed by atoms with Crippen molar-refractivity contribution >= 4 is 28.4 Å². The minimum Gasteiger partial charge on any atom is -0.399 e. The number of aromatic nitrogens is 4. The second kappa shape index (κ2) is 6.47. The fraction of sp³-hybridized carbons (Fsp3) is 0.389. The van der Waals surface area contributed by atoms with Gasteiger partial charge in [0.1, 0.15) is 0 Å². The molecule has 24 heavy (non-hydrogen) atoms. The van der Waals surface area contributed by atoms with Gasteiger partial charge in [0.05, 0.1) is 17.6 Å². The zero-order valence-electron chi connectivity index (χ0n) is 13.7. The first kappa shape index (κ1) is 14.9. The Morgan fingerprint density at radius 1 is 1.00 bits per heavy atom. The molecular weight excluding hydrogens is 300 g/mol. The highest BCUT2D eigenvalue weighted by atomic mass is 15.3. The van der Waals surface area contributed by atoms with Crippen LogP contribution in [0.5, 0.6) is 0 Å². The van der Waals surface area contributed by atoms with Crippen molar-refractivity contribution in [2.45, 2.75) is 44.6 Å². The van der Waals surface area contributed by atoms with Crippen LogP contribution < -0.4 is 11.1 Å². The SMILES string of the molecule is Nc1ccc(Nc2ncc3cnn(C4CCCCCC4)c3n2)cc1. The summed E-state index contributed by atoms with van der Waals surface area (Å²) in [5.41, 5.74) is 8.30. The van der Waals surface area contributed by atoms with Crippen molar-refractivity contribution in [1.82, 2.24) is 19.7 Å². The Morgan fingerprint density at radius 3 is 2.50 bits per heavy atom. The maximum Gasteiger partial charge on any atom is 0.229 e. The monoisotopic (exact) mass is 322 g/mol. The van der Waals surface area contributed by atoms with E-state index in [1.54, 1.807) is 0 Å². The fourth-order valence-electron chi connectivity index (χ4n) is 3.36. The summed E-state index contributed by atoms with van der Waals surface area (Å²) in [5, 5.41) is 8.81. The van der Waals surface area contributed by atoms with Crippen LogP contribution in [0, 0.1) is 0 Å². The highest BCUT2D eigenvalue weighted by Crippen LogP contribution is 2.29. The van der Waals surface area contributed by atoms with Gasteiger partial charge >= 0.3 is 0 Å². The van der Waals surface area contributed by atoms with E-state index in [0.29, 0.717) is 12.0 Å². The van der Waals surface area contributed by atoms with Gasteiger partial charge in [-0.1, -0.05) is 25.7 Å². The molecule has 6 heteroatoms. The Hall–Kier alpha value is -2.63. The number of nitrogens with one attached hydrogen (secondary N) is 1. The molecule has 0 aliphatic heterocycles. The molecule has 3 N–H and O–H groups in total. The van der Waals surface area contributed by atoms with E-state index >= 15 is 0 Å². The number of hydrogen-bond donors (Lipinski definition) is 2. The maximum atomic E-state index is 5.73. The summed E-state index contributed by atoms with van der Waals surface area (Å²) in [5.74, 6) is 0.586. The van der Waals surface area contributed by atoms with E-state index in [1.807, 2.05) is 36.7 Å². The van der Waals surface area contributed by atoms with Crippen LogP contribution in [0.1, 0.15) is 44.6 Å². The number of rotatable bonds is 3. The average Bonchev–Trinajstić information content (AvgIpc) is 2.83. The van der Waals surface area contributed by atoms with E-state index < -0.39 is 0 Å². The zero-order chi connectivity index (χ0) is 16.4. The number of nitrogens with two attached hydrogens (primary N) is 1. The first-order valence-corrected chi connectivity index (χ1v) is 8.62. The number of nitrogens with zero attached hydrogens (tertiary/aromatic N) is 4. The lowest BCUT2D eigenvalue weighted by Crippen LogP contribution is -2.11. The molecule has 1 aromatic carbocycles. The van der Waals surface area contributed by atoms with Crippen LogP contribution in [-0.2, 0) is 0 Å². The van der Waals surface area contributed by atoms with Crippen LogP contribution in [0.3, 0.4) is 0 Å². The van der Waals surface area contributed by atoms with Gasteiger partial charge in [0.2, 0.25) is 5.95 Å². The first-order valence-electron chi connectivity index (χ1n) is 8.62. The van der Waals surface area contributed by atoms with E-state index in [2.05, 4.69) is 20.1 Å². The second-order valence-electron chi connectivity index (χ2n) is 6.45. The van der Waals surface area contributed by atoms with Crippen LogP contribution in [0.15, 0.2) is 36.7 Å². The van der Waals surface area contributed by atoms with E-state index in [9.17, 15) is 0 Å². The second-order valence-corrected chi connectivity index (χ2v) is 6.45. The Kier molecular flexibility index (Phi) is 4.02. The summed E-state index contributed by atoms with van der Waals surface area (Å²) < 4.78 is 2.09. The van der Waals surface area contributed by atoms with Crippen molar-refractivity contribution in [3.8, 4) is 0 Å². The highest BCUT2D eigenvalue weighted by molar-refractivity contribution is 5.75. The lowest BCUT2D eigenvalue weighted by Gasteiger charge is -2.15. The van der Waals surface area contributed by atoms with Gasteiger partial charge in [-0.15, -0.1) is 0 Å². The van der Waals surface area contributed by atoms with E-state index in [-0.39, 0.29) is 0 Å². The maximum absolute atomic E-state index is 5.73. The van der Waals surface area contributed by atoms with Crippen LogP contribution in [0.25, 0.3) is 11.0 Å². The van der Waals surface area contributed by atoms with Gasteiger partial charge in [0.15, 0.2) is 5.65 Å². The van der Waals surface area contributed by atoms with Gasteiger partial charge in [0.25, 0.3) is 0 Å². The van der Waals surface area contributed by atoms with Crippen LogP contribution in [0.2, 0.25) is 0 Å². The molecule has 1 aliphatic carbocycles. The third kappa shape index (κ3) is 3.04. The van der Waals surface area contributed by atoms with Crippen molar-refractivity contribution in [3.05, 3.63) is 36.7 Å². The molecule has 1 aliphatic rings. The Labute approximate surface area is 141 Å². The summed E-state index contributed by atoms with van der Waals surface area (Å²) in [6, 6.07) is 8.01. The number of benzene rings is 1. The molecule has 1 saturated carbocycles. The van der Waals surface area contributed by atoms with Crippen molar-refractivity contribution < 1.29 is 0 Å². The molecule has 0 atom stereocenters. The summed E-state index contributed by atoms with van der Waals surface area (Å²) in [4.78, 5) is 9.10. The summed E-state index contributed by atoms with van der Waals surface area (Å²) in [7, 11) is 0. The van der Waals surface area contributed by atoms with Crippen LogP contribution in [-0.4, -0.2) is 19.7 Å². The van der Waals surface area contributed by atoms with Gasteiger partial charge in [-0.2, -0.15) is 10.1 Å². The molecule has 2 aromatic heterocycles. The molecule has 0 unspecified atom stereocenters. The highest BCUT2D eigenvalue weighted by Gasteiger charge is 2.18. The van der Waals surface area contributed by atoms with E-state index in [0.717, 1.165) is 22.4 Å². The third-order valence-electron chi connectivity index (χ3n) is 4.67.